The van der Waals surface area contributed by atoms with Gasteiger partial charge in [0.05, 0.1) is 19.6 Å². The van der Waals surface area contributed by atoms with Crippen molar-refractivity contribution in [3.63, 3.8) is 0 Å². The summed E-state index contributed by atoms with van der Waals surface area (Å²) in [4.78, 5) is 5.64. The fourth-order valence-corrected chi connectivity index (χ4v) is 12.6. The van der Waals surface area contributed by atoms with Crippen LogP contribution in [-0.2, 0) is 19.7 Å². The molecule has 0 amide bonds. The molecular weight excluding hydrogens is 1040 g/mol. The van der Waals surface area contributed by atoms with Gasteiger partial charge in [0.2, 0.25) is 19.7 Å². The Morgan fingerprint density at radius 1 is 0.333 bits per heavy atom. The number of halogens is 2. The average molecular weight is 1080 g/mol. The van der Waals surface area contributed by atoms with Gasteiger partial charge in [-0.2, -0.15) is 0 Å². The van der Waals surface area contributed by atoms with Crippen LogP contribution in [0.25, 0.3) is 0 Å². The van der Waals surface area contributed by atoms with Crippen molar-refractivity contribution in [1.82, 2.24) is 0 Å². The fraction of sp³-hybridized carbons (Fsp3) is 0.0769. The van der Waals surface area contributed by atoms with E-state index in [-0.39, 0.29) is 19.6 Å². The highest BCUT2D eigenvalue weighted by atomic mass is 79.9. The van der Waals surface area contributed by atoms with E-state index in [4.69, 9.17) is 18.9 Å². The van der Waals surface area contributed by atoms with Crippen LogP contribution in [0, 0.1) is 27.7 Å². The SMILES string of the molecule is Cc1ccc2c(c1)Oc1cc(Br)ccc1S2.Cc1ccc2c(c1)Oc1cc(Br)ccc1S2(=O)=O.Cc1ccc2c(c1)Oc1ccccc1S2.Cc1ccc2c(c1)Oc1ccccc1S2(=O)=O. The van der Waals surface area contributed by atoms with E-state index in [1.165, 1.54) is 30.7 Å². The standard InChI is InChI=1S/C13H9BrO3S.C13H9BrOS.C13H10O3S.C13H10OS/c1-8-2-4-12-10(6-8)17-11-7-9(14)3-5-13(11)18(12,15)16;1-8-2-4-12-10(6-8)15-11-7-9(14)3-5-13(11)16-12;1-9-6-7-13-11(8-9)16-10-4-2-3-5-12(10)17(13,14)15;1-9-6-7-13-11(8-9)14-10-4-2-3-5-12(10)15-13/h2-7H,1H3;2-7H,1H3;2-8H,1H3;2-8H,1H3. The van der Waals surface area contributed by atoms with Gasteiger partial charge < -0.3 is 18.9 Å². The first-order chi connectivity index (χ1) is 31.6. The molecule has 0 fully saturated rings. The number of hydrogen-bond acceptors (Lipinski definition) is 10. The highest BCUT2D eigenvalue weighted by molar-refractivity contribution is 9.10. The third-order valence-corrected chi connectivity index (χ3v) is 17.3. The molecular formula is C52H38Br2O8S4. The number of sulfone groups is 2. The second kappa shape index (κ2) is 18.7. The summed E-state index contributed by atoms with van der Waals surface area (Å²) in [6, 6.07) is 48.6. The molecule has 66 heavy (non-hydrogen) atoms. The second-order valence-electron chi connectivity index (χ2n) is 15.5. The molecule has 8 nitrogen and oxygen atoms in total. The van der Waals surface area contributed by atoms with Gasteiger partial charge in [-0.15, -0.1) is 0 Å². The minimum atomic E-state index is -3.48. The van der Waals surface area contributed by atoms with Crippen molar-refractivity contribution in [2.24, 2.45) is 0 Å². The number of ether oxygens (including phenoxy) is 4. The van der Waals surface area contributed by atoms with Gasteiger partial charge in [-0.25, -0.2) is 16.8 Å². The first-order valence-electron chi connectivity index (χ1n) is 20.4. The Bertz CT molecular complexity index is 3340. The van der Waals surface area contributed by atoms with Crippen LogP contribution in [-0.4, -0.2) is 16.8 Å². The normalized spacial score (nSPS) is 14.2. The largest absolute Gasteiger partial charge is 0.455 e. The lowest BCUT2D eigenvalue weighted by Crippen LogP contribution is -2.11. The number of fused-ring (bicyclic) bond motifs is 8. The zero-order chi connectivity index (χ0) is 46.3. The minimum Gasteiger partial charge on any atom is -0.455 e. The molecule has 332 valence electrons. The highest BCUT2D eigenvalue weighted by Crippen LogP contribution is 2.49. The van der Waals surface area contributed by atoms with E-state index < -0.39 is 19.7 Å². The Hall–Kier alpha value is -5.48. The predicted molar refractivity (Wildman–Crippen MR) is 265 cm³/mol. The Morgan fingerprint density at radius 2 is 0.652 bits per heavy atom. The van der Waals surface area contributed by atoms with Gasteiger partial charge >= 0.3 is 0 Å². The quantitative estimate of drug-likeness (QED) is 0.146. The molecule has 0 saturated heterocycles. The lowest BCUT2D eigenvalue weighted by Gasteiger charge is -2.20. The summed E-state index contributed by atoms with van der Waals surface area (Å²) >= 11 is 10.3. The highest BCUT2D eigenvalue weighted by Gasteiger charge is 2.32. The zero-order valence-corrected chi connectivity index (χ0v) is 42.1. The lowest BCUT2D eigenvalue weighted by molar-refractivity contribution is 0.441. The van der Waals surface area contributed by atoms with Crippen molar-refractivity contribution < 1.29 is 35.8 Å². The first-order valence-corrected chi connectivity index (χ1v) is 26.6. The number of aryl methyl sites for hydroxylation is 4. The first kappa shape index (κ1) is 45.7. The van der Waals surface area contributed by atoms with Crippen LogP contribution in [0.3, 0.4) is 0 Å². The minimum absolute atomic E-state index is 0.210. The molecule has 0 radical (unpaired) electrons. The number of hydrogen-bond donors (Lipinski definition) is 0. The average Bonchev–Trinajstić information content (AvgIpc) is 3.28. The Kier molecular flexibility index (Phi) is 12.9. The summed E-state index contributed by atoms with van der Waals surface area (Å²) < 4.78 is 74.3. The monoisotopic (exact) mass is 1080 g/mol. The third kappa shape index (κ3) is 9.53. The maximum absolute atomic E-state index is 12.4. The molecule has 0 saturated carbocycles. The third-order valence-electron chi connectivity index (χ3n) is 10.4. The van der Waals surface area contributed by atoms with E-state index in [2.05, 4.69) is 94.2 Å². The van der Waals surface area contributed by atoms with Gasteiger partial charge in [0.1, 0.15) is 65.6 Å². The summed E-state index contributed by atoms with van der Waals surface area (Å²) in [5.74, 6) is 5.37. The topological polar surface area (TPSA) is 105 Å². The van der Waals surface area contributed by atoms with Gasteiger partial charge in [0, 0.05) is 8.95 Å². The number of para-hydroxylation sites is 2. The van der Waals surface area contributed by atoms with Crippen LogP contribution in [0.4, 0.5) is 0 Å². The Morgan fingerprint density at radius 3 is 1.21 bits per heavy atom. The van der Waals surface area contributed by atoms with Crippen molar-refractivity contribution in [3.8, 4) is 46.0 Å². The number of rotatable bonds is 0. The fourth-order valence-electron chi connectivity index (χ4n) is 7.15. The molecule has 4 heterocycles. The molecule has 0 aromatic heterocycles. The van der Waals surface area contributed by atoms with Crippen LogP contribution in [0.1, 0.15) is 22.3 Å². The Balaban J connectivity index is 0.000000111. The molecule has 0 spiro atoms. The van der Waals surface area contributed by atoms with E-state index in [1.54, 1.807) is 102 Å². The van der Waals surface area contributed by atoms with E-state index >= 15 is 0 Å². The molecule has 12 rings (SSSR count). The zero-order valence-electron chi connectivity index (χ0n) is 35.7. The number of benzene rings is 8. The summed E-state index contributed by atoms with van der Waals surface area (Å²) in [6.07, 6.45) is 0. The molecule has 8 aromatic carbocycles. The van der Waals surface area contributed by atoms with Gasteiger partial charge in [-0.1, -0.05) is 104 Å². The van der Waals surface area contributed by atoms with Gasteiger partial charge in [-0.05, 0) is 159 Å². The van der Waals surface area contributed by atoms with Gasteiger partial charge in [-0.3, -0.25) is 0 Å². The maximum atomic E-state index is 12.4. The van der Waals surface area contributed by atoms with Crippen LogP contribution in [0.2, 0.25) is 0 Å². The molecule has 0 bridgehead atoms. The molecule has 0 aliphatic carbocycles. The van der Waals surface area contributed by atoms with Crippen LogP contribution in [0.5, 0.6) is 46.0 Å². The molecule has 0 atom stereocenters. The lowest BCUT2D eigenvalue weighted by atomic mass is 10.2. The molecule has 4 aliphatic rings. The summed E-state index contributed by atoms with van der Waals surface area (Å²) in [5, 5.41) is 0. The van der Waals surface area contributed by atoms with Gasteiger partial charge in [0.15, 0.2) is 0 Å². The molecule has 14 heteroatoms. The van der Waals surface area contributed by atoms with Crippen molar-refractivity contribution in [3.05, 3.63) is 189 Å². The van der Waals surface area contributed by atoms with Gasteiger partial charge in [0.25, 0.3) is 0 Å². The van der Waals surface area contributed by atoms with Crippen molar-refractivity contribution in [2.75, 3.05) is 0 Å². The summed E-state index contributed by atoms with van der Waals surface area (Å²) in [5.41, 5.74) is 4.38. The Labute approximate surface area is 409 Å². The summed E-state index contributed by atoms with van der Waals surface area (Å²) in [6.45, 7) is 7.95. The smallest absolute Gasteiger partial charge is 0.213 e. The predicted octanol–water partition coefficient (Wildman–Crippen LogP) is 15.9. The van der Waals surface area contributed by atoms with E-state index in [1.807, 2.05) is 44.2 Å². The second-order valence-corrected chi connectivity index (χ2v) is 23.3. The van der Waals surface area contributed by atoms with Crippen LogP contribution in [0.15, 0.2) is 206 Å². The van der Waals surface area contributed by atoms with E-state index in [0.29, 0.717) is 23.0 Å². The van der Waals surface area contributed by atoms with Crippen molar-refractivity contribution in [1.29, 1.82) is 0 Å². The molecule has 4 aliphatic heterocycles. The van der Waals surface area contributed by atoms with Crippen molar-refractivity contribution in [2.45, 2.75) is 66.9 Å². The maximum Gasteiger partial charge on any atom is 0.213 e. The van der Waals surface area contributed by atoms with E-state index in [0.717, 1.165) is 43.1 Å². The molecule has 8 aromatic rings. The molecule has 0 N–H and O–H groups in total. The van der Waals surface area contributed by atoms with Crippen molar-refractivity contribution >= 4 is 75.1 Å². The van der Waals surface area contributed by atoms with Crippen LogP contribution >= 0.6 is 55.4 Å². The summed E-state index contributed by atoms with van der Waals surface area (Å²) in [7, 11) is -6.92. The van der Waals surface area contributed by atoms with Crippen LogP contribution < -0.4 is 18.9 Å². The molecule has 0 unspecified atom stereocenters. The van der Waals surface area contributed by atoms with E-state index in [9.17, 15) is 16.8 Å².